The molecule has 2 rings (SSSR count). The molecule has 0 aromatic rings. The second-order valence-electron chi connectivity index (χ2n) is 4.60. The standard InChI is InChI=1S/C10H20N2O/c1-13-9-3-6-12(7-9)8-10(11)4-2-5-10/h9H,2-8,11H2,1H3. The number of ether oxygens (including phenoxy) is 1. The molecule has 1 atom stereocenters. The van der Waals surface area contributed by atoms with Crippen molar-refractivity contribution in [2.24, 2.45) is 5.73 Å². The summed E-state index contributed by atoms with van der Waals surface area (Å²) in [6, 6.07) is 0. The molecular formula is C10H20N2O. The number of likely N-dealkylation sites (tertiary alicyclic amines) is 1. The van der Waals surface area contributed by atoms with Gasteiger partial charge >= 0.3 is 0 Å². The smallest absolute Gasteiger partial charge is 0.0710 e. The summed E-state index contributed by atoms with van der Waals surface area (Å²) >= 11 is 0. The van der Waals surface area contributed by atoms with Crippen molar-refractivity contribution in [3.63, 3.8) is 0 Å². The first-order valence-electron chi connectivity index (χ1n) is 5.26. The highest BCUT2D eigenvalue weighted by Crippen LogP contribution is 2.30. The quantitative estimate of drug-likeness (QED) is 0.697. The number of nitrogens with zero attached hydrogens (tertiary/aromatic N) is 1. The molecule has 1 saturated carbocycles. The van der Waals surface area contributed by atoms with Crippen molar-refractivity contribution in [3.8, 4) is 0 Å². The summed E-state index contributed by atoms with van der Waals surface area (Å²) in [5, 5.41) is 0. The maximum atomic E-state index is 6.19. The molecule has 0 bridgehead atoms. The van der Waals surface area contributed by atoms with Gasteiger partial charge < -0.3 is 10.5 Å². The van der Waals surface area contributed by atoms with Crippen molar-refractivity contribution in [2.45, 2.75) is 37.3 Å². The third-order valence-electron chi connectivity index (χ3n) is 3.45. The molecule has 1 saturated heterocycles. The van der Waals surface area contributed by atoms with E-state index < -0.39 is 0 Å². The molecule has 3 nitrogen and oxygen atoms in total. The lowest BCUT2D eigenvalue weighted by molar-refractivity contribution is 0.0972. The summed E-state index contributed by atoms with van der Waals surface area (Å²) in [6.07, 6.45) is 5.36. The fourth-order valence-corrected chi connectivity index (χ4v) is 2.37. The molecule has 1 aliphatic heterocycles. The van der Waals surface area contributed by atoms with Crippen molar-refractivity contribution in [1.82, 2.24) is 4.90 Å². The summed E-state index contributed by atoms with van der Waals surface area (Å²) in [4.78, 5) is 2.45. The minimum atomic E-state index is 0.141. The molecule has 0 aromatic heterocycles. The van der Waals surface area contributed by atoms with Crippen LogP contribution in [0.5, 0.6) is 0 Å². The molecule has 0 radical (unpaired) electrons. The molecule has 0 aromatic carbocycles. The number of rotatable bonds is 3. The van der Waals surface area contributed by atoms with Crippen LogP contribution in [0, 0.1) is 0 Å². The topological polar surface area (TPSA) is 38.5 Å². The van der Waals surface area contributed by atoms with Crippen LogP contribution < -0.4 is 5.73 Å². The Balaban J connectivity index is 1.77. The van der Waals surface area contributed by atoms with Gasteiger partial charge in [-0.1, -0.05) is 0 Å². The Morgan fingerprint density at radius 2 is 2.31 bits per heavy atom. The van der Waals surface area contributed by atoms with Gasteiger partial charge in [0.15, 0.2) is 0 Å². The molecule has 1 unspecified atom stereocenters. The fraction of sp³-hybridized carbons (Fsp3) is 1.00. The van der Waals surface area contributed by atoms with Crippen molar-refractivity contribution in [1.29, 1.82) is 0 Å². The van der Waals surface area contributed by atoms with Gasteiger partial charge in [0.25, 0.3) is 0 Å². The molecule has 0 spiro atoms. The summed E-state index contributed by atoms with van der Waals surface area (Å²) < 4.78 is 5.33. The van der Waals surface area contributed by atoms with Crippen molar-refractivity contribution < 1.29 is 4.74 Å². The lowest BCUT2D eigenvalue weighted by atomic mass is 9.77. The first-order valence-corrected chi connectivity index (χ1v) is 5.26. The maximum Gasteiger partial charge on any atom is 0.0710 e. The highest BCUT2D eigenvalue weighted by Gasteiger charge is 2.36. The Morgan fingerprint density at radius 3 is 2.77 bits per heavy atom. The van der Waals surface area contributed by atoms with Gasteiger partial charge in [-0.2, -0.15) is 0 Å². The first kappa shape index (κ1) is 9.44. The van der Waals surface area contributed by atoms with Crippen LogP contribution in [-0.4, -0.2) is 43.3 Å². The van der Waals surface area contributed by atoms with E-state index in [0.29, 0.717) is 6.10 Å². The van der Waals surface area contributed by atoms with Crippen LogP contribution in [0.2, 0.25) is 0 Å². The summed E-state index contributed by atoms with van der Waals surface area (Å²) in [5.41, 5.74) is 6.33. The zero-order valence-corrected chi connectivity index (χ0v) is 8.46. The summed E-state index contributed by atoms with van der Waals surface area (Å²) in [6.45, 7) is 3.32. The maximum absolute atomic E-state index is 6.19. The average molecular weight is 184 g/mol. The summed E-state index contributed by atoms with van der Waals surface area (Å²) in [5.74, 6) is 0. The van der Waals surface area contributed by atoms with Crippen LogP contribution in [0.4, 0.5) is 0 Å². The monoisotopic (exact) mass is 184 g/mol. The lowest BCUT2D eigenvalue weighted by Crippen LogP contribution is -2.54. The predicted octanol–water partition coefficient (Wildman–Crippen LogP) is 0.588. The van der Waals surface area contributed by atoms with Gasteiger partial charge in [0.05, 0.1) is 6.10 Å². The van der Waals surface area contributed by atoms with Gasteiger partial charge in [0.2, 0.25) is 0 Å². The Morgan fingerprint density at radius 1 is 1.54 bits per heavy atom. The van der Waals surface area contributed by atoms with Gasteiger partial charge in [0.1, 0.15) is 0 Å². The molecule has 2 aliphatic rings. The van der Waals surface area contributed by atoms with Crippen molar-refractivity contribution in [3.05, 3.63) is 0 Å². The Bertz CT molecular complexity index is 180. The second-order valence-corrected chi connectivity index (χ2v) is 4.60. The van der Waals surface area contributed by atoms with E-state index in [1.807, 2.05) is 0 Å². The van der Waals surface area contributed by atoms with Gasteiger partial charge in [-0.25, -0.2) is 0 Å². The number of hydrogen-bond donors (Lipinski definition) is 1. The molecule has 3 heteroatoms. The third-order valence-corrected chi connectivity index (χ3v) is 3.45. The number of hydrogen-bond acceptors (Lipinski definition) is 3. The van der Waals surface area contributed by atoms with E-state index in [2.05, 4.69) is 4.90 Å². The Labute approximate surface area is 80.2 Å². The Hall–Kier alpha value is -0.120. The molecule has 2 N–H and O–H groups in total. The van der Waals surface area contributed by atoms with E-state index >= 15 is 0 Å². The zero-order valence-electron chi connectivity index (χ0n) is 8.46. The SMILES string of the molecule is COC1CCN(CC2(N)CCC2)C1. The minimum Gasteiger partial charge on any atom is -0.380 e. The van der Waals surface area contributed by atoms with Crippen molar-refractivity contribution >= 4 is 0 Å². The van der Waals surface area contributed by atoms with Crippen LogP contribution in [0.15, 0.2) is 0 Å². The normalized spacial score (nSPS) is 33.2. The molecule has 1 aliphatic carbocycles. The van der Waals surface area contributed by atoms with Gasteiger partial charge in [-0.3, -0.25) is 4.90 Å². The van der Waals surface area contributed by atoms with Crippen LogP contribution in [0.1, 0.15) is 25.7 Å². The minimum absolute atomic E-state index is 0.141. The van der Waals surface area contributed by atoms with Crippen LogP contribution >= 0.6 is 0 Å². The highest BCUT2D eigenvalue weighted by atomic mass is 16.5. The van der Waals surface area contributed by atoms with Gasteiger partial charge in [-0.15, -0.1) is 0 Å². The van der Waals surface area contributed by atoms with E-state index in [1.165, 1.54) is 25.7 Å². The first-order chi connectivity index (χ1) is 6.22. The van der Waals surface area contributed by atoms with Crippen molar-refractivity contribution in [2.75, 3.05) is 26.7 Å². The lowest BCUT2D eigenvalue weighted by Gasteiger charge is -2.41. The van der Waals surface area contributed by atoms with E-state index in [4.69, 9.17) is 10.5 Å². The molecule has 1 heterocycles. The molecule has 13 heavy (non-hydrogen) atoms. The predicted molar refractivity (Wildman–Crippen MR) is 52.6 cm³/mol. The zero-order chi connectivity index (χ0) is 9.31. The second kappa shape index (κ2) is 3.56. The van der Waals surface area contributed by atoms with Crippen LogP contribution in [-0.2, 0) is 4.74 Å². The molecule has 2 fully saturated rings. The Kier molecular flexibility index (Phi) is 2.58. The number of methoxy groups -OCH3 is 1. The van der Waals surface area contributed by atoms with Crippen LogP contribution in [0.25, 0.3) is 0 Å². The van der Waals surface area contributed by atoms with Gasteiger partial charge in [0, 0.05) is 32.3 Å². The van der Waals surface area contributed by atoms with Crippen LogP contribution in [0.3, 0.4) is 0 Å². The molecular weight excluding hydrogens is 164 g/mol. The number of nitrogens with two attached hydrogens (primary N) is 1. The highest BCUT2D eigenvalue weighted by molar-refractivity contribution is 4.96. The van der Waals surface area contributed by atoms with E-state index in [1.54, 1.807) is 7.11 Å². The fourth-order valence-electron chi connectivity index (χ4n) is 2.37. The largest absolute Gasteiger partial charge is 0.380 e. The third kappa shape index (κ3) is 2.03. The van der Waals surface area contributed by atoms with Gasteiger partial charge in [-0.05, 0) is 25.7 Å². The average Bonchev–Trinajstić information content (AvgIpc) is 2.49. The van der Waals surface area contributed by atoms with E-state index in [9.17, 15) is 0 Å². The summed E-state index contributed by atoms with van der Waals surface area (Å²) in [7, 11) is 1.80. The molecule has 76 valence electrons. The molecule has 0 amide bonds. The van der Waals surface area contributed by atoms with E-state index in [-0.39, 0.29) is 5.54 Å². The van der Waals surface area contributed by atoms with E-state index in [0.717, 1.165) is 19.6 Å².